The van der Waals surface area contributed by atoms with Crippen LogP contribution in [0.3, 0.4) is 0 Å². The highest BCUT2D eigenvalue weighted by Crippen LogP contribution is 2.29. The molecule has 5 heteroatoms. The number of benzene rings is 3. The van der Waals surface area contributed by atoms with E-state index in [0.29, 0.717) is 12.3 Å². The van der Waals surface area contributed by atoms with Gasteiger partial charge in [-0.15, -0.1) is 0 Å². The molecule has 0 aliphatic carbocycles. The number of ether oxygens (including phenoxy) is 1. The molecule has 0 unspecified atom stereocenters. The smallest absolute Gasteiger partial charge is 0.227 e. The number of nitrogens with one attached hydrogen (secondary N) is 1. The Morgan fingerprint density at radius 2 is 1.86 bits per heavy atom. The second-order valence-electron chi connectivity index (χ2n) is 7.41. The first-order chi connectivity index (χ1) is 14.1. The van der Waals surface area contributed by atoms with Crippen molar-refractivity contribution < 1.29 is 14.3 Å². The number of rotatable bonds is 5. The summed E-state index contributed by atoms with van der Waals surface area (Å²) in [5, 5.41) is 5.38. The van der Waals surface area contributed by atoms with Crippen LogP contribution in [0.25, 0.3) is 10.8 Å². The summed E-state index contributed by atoms with van der Waals surface area (Å²) in [7, 11) is 1.59. The first-order valence-electron chi connectivity index (χ1n) is 9.79. The third kappa shape index (κ3) is 3.81. The predicted octanol–water partition coefficient (Wildman–Crippen LogP) is 4.08. The van der Waals surface area contributed by atoms with E-state index in [1.807, 2.05) is 55.5 Å². The van der Waals surface area contributed by atoms with Crippen molar-refractivity contribution in [3.8, 4) is 5.75 Å². The summed E-state index contributed by atoms with van der Waals surface area (Å²) in [5.74, 6) is 0.180. The number of nitrogens with zero attached hydrogens (tertiary/aromatic N) is 1. The van der Waals surface area contributed by atoms with Crippen LogP contribution in [0.5, 0.6) is 5.75 Å². The van der Waals surface area contributed by atoms with Crippen LogP contribution in [-0.2, 0) is 9.59 Å². The van der Waals surface area contributed by atoms with Gasteiger partial charge in [-0.05, 0) is 35.4 Å². The van der Waals surface area contributed by atoms with E-state index >= 15 is 0 Å². The molecule has 3 aromatic carbocycles. The van der Waals surface area contributed by atoms with E-state index in [-0.39, 0.29) is 30.2 Å². The molecule has 0 saturated carbocycles. The van der Waals surface area contributed by atoms with Crippen LogP contribution >= 0.6 is 0 Å². The Hall–Kier alpha value is -3.34. The van der Waals surface area contributed by atoms with Crippen LogP contribution in [0.15, 0.2) is 66.7 Å². The Morgan fingerprint density at radius 1 is 1.10 bits per heavy atom. The summed E-state index contributed by atoms with van der Waals surface area (Å²) in [5.41, 5.74) is 1.83. The zero-order chi connectivity index (χ0) is 20.4. The molecular weight excluding hydrogens is 364 g/mol. The zero-order valence-electron chi connectivity index (χ0n) is 16.6. The SMILES string of the molecule is COc1cccc(N2C[C@H](C(=O)N[C@H](C)c3cccc4ccccc34)CC2=O)c1. The molecule has 1 fully saturated rings. The second-order valence-corrected chi connectivity index (χ2v) is 7.41. The van der Waals surface area contributed by atoms with Gasteiger partial charge in [-0.3, -0.25) is 9.59 Å². The van der Waals surface area contributed by atoms with Gasteiger partial charge in [-0.1, -0.05) is 48.5 Å². The van der Waals surface area contributed by atoms with Crippen LogP contribution < -0.4 is 15.0 Å². The molecule has 0 radical (unpaired) electrons. The Morgan fingerprint density at radius 3 is 2.69 bits per heavy atom. The highest BCUT2D eigenvalue weighted by molar-refractivity contribution is 6.00. The Bertz CT molecular complexity index is 1060. The predicted molar refractivity (Wildman–Crippen MR) is 114 cm³/mol. The highest BCUT2D eigenvalue weighted by Gasteiger charge is 2.35. The Kier molecular flexibility index (Phi) is 5.21. The molecule has 1 aliphatic heterocycles. The standard InChI is InChI=1S/C24H24N2O3/c1-16(21-12-5-8-17-7-3-4-11-22(17)21)25-24(28)18-13-23(27)26(15-18)19-9-6-10-20(14-19)29-2/h3-12,14,16,18H,13,15H2,1-2H3,(H,25,28)/t16-,18-/m1/s1. The van der Waals surface area contributed by atoms with Crippen molar-refractivity contribution in [2.45, 2.75) is 19.4 Å². The average molecular weight is 388 g/mol. The quantitative estimate of drug-likeness (QED) is 0.717. The van der Waals surface area contributed by atoms with Crippen LogP contribution in [0.2, 0.25) is 0 Å². The van der Waals surface area contributed by atoms with Crippen LogP contribution in [0.4, 0.5) is 5.69 Å². The van der Waals surface area contributed by atoms with E-state index < -0.39 is 0 Å². The van der Waals surface area contributed by atoms with Crippen molar-refractivity contribution in [3.63, 3.8) is 0 Å². The first kappa shape index (κ1) is 19.0. The molecule has 3 aromatic rings. The fourth-order valence-corrected chi connectivity index (χ4v) is 3.95. The monoisotopic (exact) mass is 388 g/mol. The number of carbonyl (C=O) groups is 2. The number of carbonyl (C=O) groups excluding carboxylic acids is 2. The molecule has 1 heterocycles. The molecule has 0 aromatic heterocycles. The number of hydrogen-bond donors (Lipinski definition) is 1. The Labute approximate surface area is 170 Å². The highest BCUT2D eigenvalue weighted by atomic mass is 16.5. The normalized spacial score (nSPS) is 17.4. The largest absolute Gasteiger partial charge is 0.497 e. The number of methoxy groups -OCH3 is 1. The average Bonchev–Trinajstić information content (AvgIpc) is 3.15. The zero-order valence-corrected chi connectivity index (χ0v) is 16.6. The lowest BCUT2D eigenvalue weighted by atomic mass is 9.99. The summed E-state index contributed by atoms with van der Waals surface area (Å²) in [4.78, 5) is 27.1. The van der Waals surface area contributed by atoms with Crippen molar-refractivity contribution in [1.82, 2.24) is 5.32 Å². The maximum Gasteiger partial charge on any atom is 0.227 e. The molecule has 148 valence electrons. The molecule has 2 atom stereocenters. The lowest BCUT2D eigenvalue weighted by Gasteiger charge is -2.20. The molecule has 1 saturated heterocycles. The molecule has 29 heavy (non-hydrogen) atoms. The Balaban J connectivity index is 1.48. The van der Waals surface area contributed by atoms with Crippen molar-refractivity contribution in [2.75, 3.05) is 18.6 Å². The van der Waals surface area contributed by atoms with E-state index in [1.54, 1.807) is 12.0 Å². The molecule has 1 N–H and O–H groups in total. The van der Waals surface area contributed by atoms with Gasteiger partial charge in [-0.2, -0.15) is 0 Å². The summed E-state index contributed by atoms with van der Waals surface area (Å²) in [6.45, 7) is 2.36. The van der Waals surface area contributed by atoms with E-state index in [2.05, 4.69) is 23.5 Å². The first-order valence-corrected chi connectivity index (χ1v) is 9.79. The number of anilines is 1. The van der Waals surface area contributed by atoms with E-state index in [1.165, 1.54) is 0 Å². The van der Waals surface area contributed by atoms with Crippen molar-refractivity contribution >= 4 is 28.3 Å². The molecule has 0 spiro atoms. The summed E-state index contributed by atoms with van der Waals surface area (Å²) < 4.78 is 5.24. The van der Waals surface area contributed by atoms with Crippen LogP contribution in [-0.4, -0.2) is 25.5 Å². The van der Waals surface area contributed by atoms with Gasteiger partial charge in [-0.25, -0.2) is 0 Å². The molecule has 2 amide bonds. The van der Waals surface area contributed by atoms with Gasteiger partial charge in [0.05, 0.1) is 19.1 Å². The minimum Gasteiger partial charge on any atom is -0.497 e. The number of amides is 2. The maximum absolute atomic E-state index is 12.9. The maximum atomic E-state index is 12.9. The van der Waals surface area contributed by atoms with Crippen molar-refractivity contribution in [2.24, 2.45) is 5.92 Å². The number of fused-ring (bicyclic) bond motifs is 1. The lowest BCUT2D eigenvalue weighted by molar-refractivity contribution is -0.126. The third-order valence-electron chi connectivity index (χ3n) is 5.51. The minimum atomic E-state index is -0.369. The van der Waals surface area contributed by atoms with Crippen LogP contribution in [0.1, 0.15) is 24.9 Å². The van der Waals surface area contributed by atoms with Gasteiger partial charge in [0.25, 0.3) is 0 Å². The second kappa shape index (κ2) is 7.95. The number of hydrogen-bond acceptors (Lipinski definition) is 3. The van der Waals surface area contributed by atoms with Gasteiger partial charge in [0.15, 0.2) is 0 Å². The van der Waals surface area contributed by atoms with Gasteiger partial charge in [0, 0.05) is 24.7 Å². The molecule has 1 aliphatic rings. The van der Waals surface area contributed by atoms with Crippen molar-refractivity contribution in [3.05, 3.63) is 72.3 Å². The van der Waals surface area contributed by atoms with Crippen molar-refractivity contribution in [1.29, 1.82) is 0 Å². The van der Waals surface area contributed by atoms with Gasteiger partial charge in [0.2, 0.25) is 11.8 Å². The van der Waals surface area contributed by atoms with E-state index in [0.717, 1.165) is 22.0 Å². The van der Waals surface area contributed by atoms with Gasteiger partial charge in [0.1, 0.15) is 5.75 Å². The summed E-state index contributed by atoms with van der Waals surface area (Å²) in [6.07, 6.45) is 0.214. The fourth-order valence-electron chi connectivity index (χ4n) is 3.95. The molecule has 4 rings (SSSR count). The minimum absolute atomic E-state index is 0.0452. The van der Waals surface area contributed by atoms with Crippen LogP contribution in [0, 0.1) is 5.92 Å². The van der Waals surface area contributed by atoms with E-state index in [4.69, 9.17) is 4.74 Å². The molecule has 5 nitrogen and oxygen atoms in total. The van der Waals surface area contributed by atoms with E-state index in [9.17, 15) is 9.59 Å². The van der Waals surface area contributed by atoms with Gasteiger partial charge < -0.3 is 15.0 Å². The fraction of sp³-hybridized carbons (Fsp3) is 0.250. The summed E-state index contributed by atoms with van der Waals surface area (Å²) in [6, 6.07) is 21.5. The summed E-state index contributed by atoms with van der Waals surface area (Å²) >= 11 is 0. The lowest BCUT2D eigenvalue weighted by Crippen LogP contribution is -2.34. The topological polar surface area (TPSA) is 58.6 Å². The molecule has 0 bridgehead atoms. The molecular formula is C24H24N2O3. The third-order valence-corrected chi connectivity index (χ3v) is 5.51. The van der Waals surface area contributed by atoms with Gasteiger partial charge >= 0.3 is 0 Å².